The molecule has 0 N–H and O–H groups in total. The molecule has 0 spiro atoms. The maximum atomic E-state index is 3.91. The second kappa shape index (κ2) is 19.9. The maximum absolute atomic E-state index is 3.91. The topological polar surface area (TPSA) is 0 Å². The first kappa shape index (κ1) is 20.8. The highest BCUT2D eigenvalue weighted by molar-refractivity contribution is 5.46. The Labute approximate surface area is 108 Å². The molecule has 0 aromatic rings. The van der Waals surface area contributed by atoms with Gasteiger partial charge >= 0.3 is 0 Å². The molecule has 0 radical (unpaired) electrons. The van der Waals surface area contributed by atoms with E-state index in [0.717, 1.165) is 11.1 Å². The van der Waals surface area contributed by atoms with Gasteiger partial charge in [-0.25, -0.2) is 0 Å². The zero-order valence-corrected chi connectivity index (χ0v) is 12.2. The summed E-state index contributed by atoms with van der Waals surface area (Å²) in [5.41, 5.74) is 1.96. The molecule has 0 aliphatic rings. The first-order valence-corrected chi connectivity index (χ1v) is 6.20. The predicted octanol–water partition coefficient (Wildman–Crippen LogP) is 6.03. The van der Waals surface area contributed by atoms with Gasteiger partial charge in [-0.3, -0.25) is 0 Å². The maximum Gasteiger partial charge on any atom is -0.0196 e. The normalized spacial score (nSPS) is 10.1. The minimum atomic E-state index is 0.938. The van der Waals surface area contributed by atoms with Crippen LogP contribution in [0.15, 0.2) is 73.4 Å². The van der Waals surface area contributed by atoms with E-state index in [1.807, 2.05) is 65.0 Å². The minimum absolute atomic E-state index is 0.938. The van der Waals surface area contributed by atoms with Crippen LogP contribution in [0.1, 0.15) is 34.6 Å². The van der Waals surface area contributed by atoms with Crippen molar-refractivity contribution in [2.45, 2.75) is 34.6 Å². The third kappa shape index (κ3) is 14.4. The lowest BCUT2D eigenvalue weighted by molar-refractivity contribution is 1.50. The van der Waals surface area contributed by atoms with E-state index in [4.69, 9.17) is 0 Å². The molecule has 96 valence electrons. The molecule has 0 nitrogen and oxygen atoms in total. The quantitative estimate of drug-likeness (QED) is 0.508. The van der Waals surface area contributed by atoms with E-state index >= 15 is 0 Å². The summed E-state index contributed by atoms with van der Waals surface area (Å²) >= 11 is 0. The summed E-state index contributed by atoms with van der Waals surface area (Å²) < 4.78 is 0. The number of hydrogen-bond acceptors (Lipinski definition) is 0. The van der Waals surface area contributed by atoms with Crippen LogP contribution < -0.4 is 0 Å². The van der Waals surface area contributed by atoms with Crippen molar-refractivity contribution in [1.29, 1.82) is 0 Å². The Morgan fingerprint density at radius 2 is 1.47 bits per heavy atom. The fraction of sp³-hybridized carbons (Fsp3) is 0.294. The molecule has 0 heterocycles. The van der Waals surface area contributed by atoms with Crippen molar-refractivity contribution in [3.63, 3.8) is 0 Å². The molecular formula is C17H28. The molecule has 0 amide bonds. The number of allylic oxidation sites excluding steroid dienone is 9. The highest BCUT2D eigenvalue weighted by Gasteiger charge is 1.90. The lowest BCUT2D eigenvalue weighted by Crippen LogP contribution is -1.78. The van der Waals surface area contributed by atoms with Gasteiger partial charge in [0.1, 0.15) is 0 Å². The van der Waals surface area contributed by atoms with E-state index in [9.17, 15) is 0 Å². The average molecular weight is 232 g/mol. The highest BCUT2D eigenvalue weighted by Crippen LogP contribution is 2.10. The third-order valence-corrected chi connectivity index (χ3v) is 1.49. The van der Waals surface area contributed by atoms with E-state index in [2.05, 4.69) is 19.7 Å². The van der Waals surface area contributed by atoms with Crippen LogP contribution in [-0.2, 0) is 0 Å². The van der Waals surface area contributed by atoms with Gasteiger partial charge in [0.25, 0.3) is 0 Å². The molecule has 0 aromatic heterocycles. The standard InChI is InChI=1S/C13H16.2C2H6/c1-5-8-10-12(4)13(7-3)11-9-6-2;2*1-2/h5-11H,1,3-4H2,2H3;2*1-2H3/b9-6-,10-8-,13-11+;;. The van der Waals surface area contributed by atoms with E-state index in [1.165, 1.54) is 0 Å². The molecule has 0 aliphatic heterocycles. The smallest absolute Gasteiger partial charge is 0.0196 e. The molecule has 0 heteroatoms. The fourth-order valence-corrected chi connectivity index (χ4v) is 0.786. The molecule has 17 heavy (non-hydrogen) atoms. The van der Waals surface area contributed by atoms with Gasteiger partial charge in [-0.05, 0) is 18.1 Å². The molecule has 0 atom stereocenters. The molecule has 0 unspecified atom stereocenters. The summed E-state index contributed by atoms with van der Waals surface area (Å²) in [5.74, 6) is 0. The Kier molecular flexibility index (Phi) is 24.4. The molecule has 0 saturated heterocycles. The van der Waals surface area contributed by atoms with Crippen LogP contribution in [0.25, 0.3) is 0 Å². The summed E-state index contributed by atoms with van der Waals surface area (Å²) in [6.07, 6.45) is 13.2. The largest absolute Gasteiger partial charge is 0.0991 e. The Hall–Kier alpha value is -1.56. The van der Waals surface area contributed by atoms with Gasteiger partial charge in [-0.15, -0.1) is 0 Å². The van der Waals surface area contributed by atoms with Gasteiger partial charge in [0.05, 0.1) is 0 Å². The zero-order valence-electron chi connectivity index (χ0n) is 12.2. The molecule has 0 fully saturated rings. The molecular weight excluding hydrogens is 204 g/mol. The lowest BCUT2D eigenvalue weighted by Gasteiger charge is -1.98. The van der Waals surface area contributed by atoms with Crippen LogP contribution in [0, 0.1) is 0 Å². The van der Waals surface area contributed by atoms with E-state index in [-0.39, 0.29) is 0 Å². The van der Waals surface area contributed by atoms with Gasteiger partial charge in [0, 0.05) is 0 Å². The second-order valence-electron chi connectivity index (χ2n) is 2.47. The van der Waals surface area contributed by atoms with E-state index in [1.54, 1.807) is 12.2 Å². The predicted molar refractivity (Wildman–Crippen MR) is 84.3 cm³/mol. The summed E-state index contributed by atoms with van der Waals surface area (Å²) in [7, 11) is 0. The Bertz CT molecular complexity index is 272. The summed E-state index contributed by atoms with van der Waals surface area (Å²) in [6, 6.07) is 0. The molecule has 0 rings (SSSR count). The van der Waals surface area contributed by atoms with Crippen molar-refractivity contribution in [1.82, 2.24) is 0 Å². The number of rotatable bonds is 5. The third-order valence-electron chi connectivity index (χ3n) is 1.49. The van der Waals surface area contributed by atoms with Gasteiger partial charge < -0.3 is 0 Å². The number of hydrogen-bond donors (Lipinski definition) is 0. The first-order chi connectivity index (χ1) is 8.26. The van der Waals surface area contributed by atoms with Crippen LogP contribution in [0.2, 0.25) is 0 Å². The van der Waals surface area contributed by atoms with Crippen LogP contribution in [-0.4, -0.2) is 0 Å². The summed E-state index contributed by atoms with van der Waals surface area (Å²) in [5, 5.41) is 0. The van der Waals surface area contributed by atoms with Gasteiger partial charge in [0.2, 0.25) is 0 Å². The molecule has 0 aliphatic carbocycles. The zero-order chi connectivity index (χ0) is 14.1. The highest BCUT2D eigenvalue weighted by atomic mass is 14.0. The summed E-state index contributed by atoms with van der Waals surface area (Å²) in [4.78, 5) is 0. The Morgan fingerprint density at radius 3 is 1.82 bits per heavy atom. The van der Waals surface area contributed by atoms with Crippen molar-refractivity contribution in [3.8, 4) is 0 Å². The summed E-state index contributed by atoms with van der Waals surface area (Å²) in [6.45, 7) is 21.2. The van der Waals surface area contributed by atoms with Crippen LogP contribution in [0.4, 0.5) is 0 Å². The van der Waals surface area contributed by atoms with Crippen molar-refractivity contribution < 1.29 is 0 Å². The van der Waals surface area contributed by atoms with E-state index < -0.39 is 0 Å². The average Bonchev–Trinajstić information content (AvgIpc) is 2.41. The van der Waals surface area contributed by atoms with Gasteiger partial charge in [0.15, 0.2) is 0 Å². The molecule has 0 bridgehead atoms. The Morgan fingerprint density at radius 1 is 0.941 bits per heavy atom. The van der Waals surface area contributed by atoms with Crippen molar-refractivity contribution in [2.24, 2.45) is 0 Å². The minimum Gasteiger partial charge on any atom is -0.0991 e. The first-order valence-electron chi connectivity index (χ1n) is 6.20. The van der Waals surface area contributed by atoms with E-state index in [0.29, 0.717) is 0 Å². The van der Waals surface area contributed by atoms with Crippen LogP contribution in [0.5, 0.6) is 0 Å². The van der Waals surface area contributed by atoms with Gasteiger partial charge in [-0.1, -0.05) is 90.0 Å². The van der Waals surface area contributed by atoms with Crippen molar-refractivity contribution >= 4 is 0 Å². The molecule has 0 saturated carbocycles. The lowest BCUT2D eigenvalue weighted by atomic mass is 10.1. The van der Waals surface area contributed by atoms with Crippen LogP contribution >= 0.6 is 0 Å². The fourth-order valence-electron chi connectivity index (χ4n) is 0.786. The second-order valence-corrected chi connectivity index (χ2v) is 2.47. The van der Waals surface area contributed by atoms with Crippen molar-refractivity contribution in [3.05, 3.63) is 73.4 Å². The molecule has 0 aromatic carbocycles. The SMILES string of the molecule is C=C/C=C\C(=C)/C(C=C)=C/C=C\C.CC.CC. The monoisotopic (exact) mass is 232 g/mol. The van der Waals surface area contributed by atoms with Gasteiger partial charge in [-0.2, -0.15) is 0 Å². The Balaban J connectivity index is -0.000000439. The van der Waals surface area contributed by atoms with Crippen molar-refractivity contribution in [2.75, 3.05) is 0 Å². The van der Waals surface area contributed by atoms with Crippen LogP contribution in [0.3, 0.4) is 0 Å².